The summed E-state index contributed by atoms with van der Waals surface area (Å²) >= 11 is 0. The molecule has 1 atom stereocenters. The fraction of sp³-hybridized carbons (Fsp3) is 0.778. The predicted molar refractivity (Wildman–Crippen MR) is 48.0 cm³/mol. The Morgan fingerprint density at radius 3 is 2.27 bits per heavy atom. The molecule has 11 heavy (non-hydrogen) atoms. The van der Waals surface area contributed by atoms with Crippen molar-refractivity contribution in [2.24, 2.45) is 0 Å². The number of nitrogens with zero attached hydrogens (tertiary/aromatic N) is 1. The van der Waals surface area contributed by atoms with Crippen LogP contribution >= 0.6 is 0 Å². The van der Waals surface area contributed by atoms with Crippen LogP contribution in [0.2, 0.25) is 0 Å². The zero-order chi connectivity index (χ0) is 8.43. The third kappa shape index (κ3) is 1.41. The highest BCUT2D eigenvalue weighted by molar-refractivity contribution is 5.19. The molecule has 2 nitrogen and oxygen atoms in total. The number of rotatable bonds is 2. The van der Waals surface area contributed by atoms with E-state index in [0.717, 1.165) is 6.54 Å². The SMILES string of the molecule is CCC1NN(CC)C(C)=C1C. The number of allylic oxidation sites excluding steroid dienone is 1. The van der Waals surface area contributed by atoms with Crippen molar-refractivity contribution in [2.75, 3.05) is 6.54 Å². The molecule has 1 N–H and O–H groups in total. The van der Waals surface area contributed by atoms with Gasteiger partial charge in [-0.1, -0.05) is 6.92 Å². The summed E-state index contributed by atoms with van der Waals surface area (Å²) in [6.45, 7) is 9.84. The summed E-state index contributed by atoms with van der Waals surface area (Å²) in [6, 6.07) is 0.579. The molecular formula is C9H18N2. The van der Waals surface area contributed by atoms with E-state index in [-0.39, 0.29) is 0 Å². The van der Waals surface area contributed by atoms with Crippen LogP contribution in [0, 0.1) is 0 Å². The average molecular weight is 154 g/mol. The molecule has 2 heteroatoms. The van der Waals surface area contributed by atoms with Crippen molar-refractivity contribution in [2.45, 2.75) is 40.2 Å². The van der Waals surface area contributed by atoms with Crippen LogP contribution in [-0.2, 0) is 0 Å². The molecule has 0 bridgehead atoms. The molecule has 0 saturated heterocycles. The van der Waals surface area contributed by atoms with Gasteiger partial charge in [0.2, 0.25) is 0 Å². The Morgan fingerprint density at radius 2 is 2.00 bits per heavy atom. The molecule has 0 aromatic heterocycles. The van der Waals surface area contributed by atoms with Crippen LogP contribution in [0.3, 0.4) is 0 Å². The number of hydrogen-bond acceptors (Lipinski definition) is 2. The Labute approximate surface area is 69.2 Å². The largest absolute Gasteiger partial charge is 0.313 e. The Balaban J connectivity index is 2.71. The second-order valence-corrected chi connectivity index (χ2v) is 3.10. The van der Waals surface area contributed by atoms with Gasteiger partial charge in [-0.2, -0.15) is 0 Å². The maximum atomic E-state index is 3.45. The first kappa shape index (κ1) is 8.60. The number of hydrogen-bond donors (Lipinski definition) is 1. The van der Waals surface area contributed by atoms with E-state index in [2.05, 4.69) is 38.1 Å². The summed E-state index contributed by atoms with van der Waals surface area (Å²) in [4.78, 5) is 0. The van der Waals surface area contributed by atoms with Crippen LogP contribution in [0.1, 0.15) is 34.1 Å². The molecule has 1 aliphatic rings. The van der Waals surface area contributed by atoms with E-state index in [1.54, 1.807) is 0 Å². The first-order chi connectivity index (χ1) is 5.20. The Bertz CT molecular complexity index is 154. The molecular weight excluding hydrogens is 136 g/mol. The van der Waals surface area contributed by atoms with Gasteiger partial charge in [0.05, 0.1) is 0 Å². The standard InChI is InChI=1S/C9H18N2/c1-5-9-7(3)8(4)11(6-2)10-9/h9-10H,5-6H2,1-4H3. The minimum Gasteiger partial charge on any atom is -0.313 e. The van der Waals surface area contributed by atoms with E-state index in [9.17, 15) is 0 Å². The highest BCUT2D eigenvalue weighted by Crippen LogP contribution is 2.20. The minimum atomic E-state index is 0.579. The van der Waals surface area contributed by atoms with Crippen LogP contribution in [0.5, 0.6) is 0 Å². The summed E-state index contributed by atoms with van der Waals surface area (Å²) in [5, 5.41) is 2.23. The fourth-order valence-corrected chi connectivity index (χ4v) is 1.57. The van der Waals surface area contributed by atoms with Crippen LogP contribution in [0.4, 0.5) is 0 Å². The van der Waals surface area contributed by atoms with Crippen LogP contribution in [0.25, 0.3) is 0 Å². The lowest BCUT2D eigenvalue weighted by atomic mass is 10.1. The summed E-state index contributed by atoms with van der Waals surface area (Å²) < 4.78 is 0. The lowest BCUT2D eigenvalue weighted by Gasteiger charge is -2.19. The van der Waals surface area contributed by atoms with Gasteiger partial charge in [-0.05, 0) is 32.8 Å². The quantitative estimate of drug-likeness (QED) is 0.653. The summed E-state index contributed by atoms with van der Waals surface area (Å²) in [6.07, 6.45) is 1.18. The molecule has 0 aromatic carbocycles. The summed E-state index contributed by atoms with van der Waals surface area (Å²) in [5.74, 6) is 0. The third-order valence-corrected chi connectivity index (χ3v) is 2.53. The molecule has 0 fully saturated rings. The van der Waals surface area contributed by atoms with Crippen LogP contribution < -0.4 is 5.43 Å². The van der Waals surface area contributed by atoms with Gasteiger partial charge in [0.25, 0.3) is 0 Å². The van der Waals surface area contributed by atoms with Gasteiger partial charge < -0.3 is 5.01 Å². The minimum absolute atomic E-state index is 0.579. The van der Waals surface area contributed by atoms with Crippen molar-refractivity contribution in [1.29, 1.82) is 0 Å². The number of hydrazine groups is 1. The van der Waals surface area contributed by atoms with E-state index >= 15 is 0 Å². The molecule has 1 rings (SSSR count). The monoisotopic (exact) mass is 154 g/mol. The first-order valence-corrected chi connectivity index (χ1v) is 4.41. The van der Waals surface area contributed by atoms with Crippen molar-refractivity contribution >= 4 is 0 Å². The highest BCUT2D eigenvalue weighted by Gasteiger charge is 2.22. The third-order valence-electron chi connectivity index (χ3n) is 2.53. The second kappa shape index (κ2) is 3.26. The Hall–Kier alpha value is -0.500. The lowest BCUT2D eigenvalue weighted by Crippen LogP contribution is -2.36. The highest BCUT2D eigenvalue weighted by atomic mass is 15.5. The zero-order valence-electron chi connectivity index (χ0n) is 7.94. The van der Waals surface area contributed by atoms with Gasteiger partial charge in [0, 0.05) is 18.3 Å². The smallest absolute Gasteiger partial charge is 0.0486 e. The summed E-state index contributed by atoms with van der Waals surface area (Å²) in [7, 11) is 0. The van der Waals surface area contributed by atoms with E-state index < -0.39 is 0 Å². The van der Waals surface area contributed by atoms with Gasteiger partial charge in [0.15, 0.2) is 0 Å². The maximum Gasteiger partial charge on any atom is 0.0486 e. The maximum absolute atomic E-state index is 3.45. The van der Waals surface area contributed by atoms with Crippen molar-refractivity contribution in [3.05, 3.63) is 11.3 Å². The second-order valence-electron chi connectivity index (χ2n) is 3.10. The molecule has 1 unspecified atom stereocenters. The fourth-order valence-electron chi connectivity index (χ4n) is 1.57. The van der Waals surface area contributed by atoms with Gasteiger partial charge in [-0.25, -0.2) is 5.43 Å². The molecule has 64 valence electrons. The molecule has 0 spiro atoms. The van der Waals surface area contributed by atoms with E-state index in [4.69, 9.17) is 0 Å². The van der Waals surface area contributed by atoms with Crippen molar-refractivity contribution in [3.8, 4) is 0 Å². The summed E-state index contributed by atoms with van der Waals surface area (Å²) in [5.41, 5.74) is 6.35. The molecule has 1 heterocycles. The number of nitrogens with one attached hydrogen (secondary N) is 1. The topological polar surface area (TPSA) is 15.3 Å². The Kier molecular flexibility index (Phi) is 2.55. The van der Waals surface area contributed by atoms with Gasteiger partial charge in [0.1, 0.15) is 0 Å². The molecule has 1 aliphatic heterocycles. The van der Waals surface area contributed by atoms with Gasteiger partial charge in [-0.15, -0.1) is 0 Å². The van der Waals surface area contributed by atoms with Gasteiger partial charge >= 0.3 is 0 Å². The van der Waals surface area contributed by atoms with E-state index in [1.807, 2.05) is 0 Å². The normalized spacial score (nSPS) is 25.1. The lowest BCUT2D eigenvalue weighted by molar-refractivity contribution is 0.264. The van der Waals surface area contributed by atoms with Crippen molar-refractivity contribution in [1.82, 2.24) is 10.4 Å². The van der Waals surface area contributed by atoms with Crippen molar-refractivity contribution < 1.29 is 0 Å². The first-order valence-electron chi connectivity index (χ1n) is 4.41. The molecule has 0 aliphatic carbocycles. The van der Waals surface area contributed by atoms with E-state index in [0.29, 0.717) is 6.04 Å². The van der Waals surface area contributed by atoms with Crippen molar-refractivity contribution in [3.63, 3.8) is 0 Å². The molecule has 0 aromatic rings. The molecule has 0 radical (unpaired) electrons. The predicted octanol–water partition coefficient (Wildman–Crippen LogP) is 1.90. The average Bonchev–Trinajstić information content (AvgIpc) is 2.30. The zero-order valence-corrected chi connectivity index (χ0v) is 7.94. The van der Waals surface area contributed by atoms with Crippen LogP contribution in [-0.4, -0.2) is 17.6 Å². The van der Waals surface area contributed by atoms with Gasteiger partial charge in [-0.3, -0.25) is 0 Å². The van der Waals surface area contributed by atoms with Crippen LogP contribution in [0.15, 0.2) is 11.3 Å². The molecule has 0 amide bonds. The Morgan fingerprint density at radius 1 is 1.36 bits per heavy atom. The molecule has 0 saturated carbocycles. The van der Waals surface area contributed by atoms with E-state index in [1.165, 1.54) is 17.7 Å².